The Morgan fingerprint density at radius 1 is 1.10 bits per heavy atom. The number of benzene rings is 2. The summed E-state index contributed by atoms with van der Waals surface area (Å²) in [5.74, 6) is -0.135. The van der Waals surface area contributed by atoms with Crippen molar-refractivity contribution in [2.75, 3.05) is 19.0 Å². The summed E-state index contributed by atoms with van der Waals surface area (Å²) in [6, 6.07) is 14.5. The van der Waals surface area contributed by atoms with Crippen LogP contribution in [-0.4, -0.2) is 35.5 Å². The number of anilines is 1. The van der Waals surface area contributed by atoms with Crippen LogP contribution in [0.3, 0.4) is 0 Å². The SMILES string of the molecule is CN(C)c1cccc(C(=O)NNC(=O)CCc2nc3ccccc3c(=O)n2C2CC2)c1. The molecule has 2 amide bonds. The number of hydrogen-bond donors (Lipinski definition) is 2. The van der Waals surface area contributed by atoms with Crippen LogP contribution in [0.1, 0.15) is 41.5 Å². The molecule has 0 atom stereocenters. The highest BCUT2D eigenvalue weighted by molar-refractivity contribution is 5.96. The van der Waals surface area contributed by atoms with Crippen molar-refractivity contribution in [3.05, 3.63) is 70.3 Å². The van der Waals surface area contributed by atoms with Crippen molar-refractivity contribution in [2.45, 2.75) is 31.7 Å². The number of aryl methyl sites for hydroxylation is 1. The van der Waals surface area contributed by atoms with Gasteiger partial charge in [0.15, 0.2) is 0 Å². The Kier molecular flexibility index (Phi) is 5.70. The largest absolute Gasteiger partial charge is 0.378 e. The van der Waals surface area contributed by atoms with Gasteiger partial charge in [-0.25, -0.2) is 4.98 Å². The normalized spacial score (nSPS) is 13.1. The van der Waals surface area contributed by atoms with Gasteiger partial charge in [-0.1, -0.05) is 18.2 Å². The van der Waals surface area contributed by atoms with E-state index in [-0.39, 0.29) is 23.9 Å². The fourth-order valence-electron chi connectivity index (χ4n) is 3.49. The second-order valence-corrected chi connectivity index (χ2v) is 7.90. The van der Waals surface area contributed by atoms with Crippen LogP contribution in [0.2, 0.25) is 0 Å². The topological polar surface area (TPSA) is 96.3 Å². The summed E-state index contributed by atoms with van der Waals surface area (Å²) in [5.41, 5.74) is 6.81. The minimum absolute atomic E-state index is 0.0578. The number of hydrazine groups is 1. The quantitative estimate of drug-likeness (QED) is 0.597. The molecule has 4 rings (SSSR count). The molecule has 0 unspecified atom stereocenters. The fourth-order valence-corrected chi connectivity index (χ4v) is 3.49. The second-order valence-electron chi connectivity index (χ2n) is 7.90. The van der Waals surface area contributed by atoms with E-state index in [2.05, 4.69) is 15.8 Å². The molecule has 0 radical (unpaired) electrons. The van der Waals surface area contributed by atoms with Gasteiger partial charge >= 0.3 is 0 Å². The van der Waals surface area contributed by atoms with Gasteiger partial charge in [0, 0.05) is 44.2 Å². The third kappa shape index (κ3) is 4.58. The first kappa shape index (κ1) is 20.6. The molecular formula is C23H25N5O3. The summed E-state index contributed by atoms with van der Waals surface area (Å²) in [6.45, 7) is 0. The molecule has 1 saturated carbocycles. The molecule has 160 valence electrons. The lowest BCUT2D eigenvalue weighted by atomic mass is 10.2. The standard InChI is InChI=1S/C23H25N5O3/c1-27(2)17-7-5-6-15(14-17)22(30)26-25-21(29)13-12-20-24-19-9-4-3-8-18(19)23(31)28(20)16-10-11-16/h3-9,14,16H,10-13H2,1-2H3,(H,25,29)(H,26,30). The maximum absolute atomic E-state index is 12.9. The number of carbonyl (C=O) groups excluding carboxylic acids is 2. The van der Waals surface area contributed by atoms with Crippen LogP contribution in [0.4, 0.5) is 5.69 Å². The van der Waals surface area contributed by atoms with Crippen LogP contribution in [0.25, 0.3) is 10.9 Å². The number of aromatic nitrogens is 2. The van der Waals surface area contributed by atoms with E-state index in [4.69, 9.17) is 0 Å². The molecule has 3 aromatic rings. The van der Waals surface area contributed by atoms with Crippen molar-refractivity contribution >= 4 is 28.4 Å². The summed E-state index contributed by atoms with van der Waals surface area (Å²) >= 11 is 0. The van der Waals surface area contributed by atoms with E-state index < -0.39 is 5.91 Å². The number of amides is 2. The molecule has 0 aliphatic heterocycles. The lowest BCUT2D eigenvalue weighted by molar-refractivity contribution is -0.121. The zero-order valence-electron chi connectivity index (χ0n) is 17.6. The number of hydrogen-bond acceptors (Lipinski definition) is 5. The molecule has 0 spiro atoms. The Balaban J connectivity index is 1.41. The van der Waals surface area contributed by atoms with Crippen molar-refractivity contribution in [3.8, 4) is 0 Å². The third-order valence-corrected chi connectivity index (χ3v) is 5.31. The Bertz CT molecular complexity index is 1200. The minimum atomic E-state index is -0.393. The Labute approximate surface area is 179 Å². The summed E-state index contributed by atoms with van der Waals surface area (Å²) in [5, 5.41) is 0.592. The first-order valence-corrected chi connectivity index (χ1v) is 10.3. The predicted molar refractivity (Wildman–Crippen MR) is 119 cm³/mol. The van der Waals surface area contributed by atoms with Crippen LogP contribution in [0, 0.1) is 0 Å². The summed E-state index contributed by atoms with van der Waals surface area (Å²) in [7, 11) is 3.78. The molecule has 1 fully saturated rings. The molecule has 8 heteroatoms. The Morgan fingerprint density at radius 2 is 1.87 bits per heavy atom. The third-order valence-electron chi connectivity index (χ3n) is 5.31. The Hall–Kier alpha value is -3.68. The van der Waals surface area contributed by atoms with E-state index in [1.165, 1.54) is 0 Å². The van der Waals surface area contributed by atoms with Crippen molar-refractivity contribution in [1.29, 1.82) is 0 Å². The van der Waals surface area contributed by atoms with Crippen molar-refractivity contribution in [3.63, 3.8) is 0 Å². The highest BCUT2D eigenvalue weighted by Crippen LogP contribution is 2.34. The predicted octanol–water partition coefficient (Wildman–Crippen LogP) is 2.19. The van der Waals surface area contributed by atoms with Crippen LogP contribution >= 0.6 is 0 Å². The van der Waals surface area contributed by atoms with Crippen molar-refractivity contribution in [1.82, 2.24) is 20.4 Å². The maximum atomic E-state index is 12.9. The van der Waals surface area contributed by atoms with Crippen LogP contribution in [0.15, 0.2) is 53.3 Å². The molecule has 8 nitrogen and oxygen atoms in total. The first-order valence-electron chi connectivity index (χ1n) is 10.3. The second kappa shape index (κ2) is 8.59. The average Bonchev–Trinajstić information content (AvgIpc) is 3.61. The van der Waals surface area contributed by atoms with E-state index in [1.807, 2.05) is 37.2 Å². The number of carbonyl (C=O) groups is 2. The van der Waals surface area contributed by atoms with Gasteiger partial charge in [-0.15, -0.1) is 0 Å². The smallest absolute Gasteiger partial charge is 0.269 e. The molecule has 31 heavy (non-hydrogen) atoms. The number of para-hydroxylation sites is 1. The summed E-state index contributed by atoms with van der Waals surface area (Å²) in [4.78, 5) is 44.1. The lowest BCUT2D eigenvalue weighted by Gasteiger charge is -2.14. The number of nitrogens with one attached hydrogen (secondary N) is 2. The van der Waals surface area contributed by atoms with Gasteiger partial charge in [0.05, 0.1) is 10.9 Å². The first-order chi connectivity index (χ1) is 14.9. The fraction of sp³-hybridized carbons (Fsp3) is 0.304. The lowest BCUT2D eigenvalue weighted by Crippen LogP contribution is -2.42. The molecule has 0 saturated heterocycles. The van der Waals surface area contributed by atoms with E-state index in [0.29, 0.717) is 28.7 Å². The van der Waals surface area contributed by atoms with Crippen LogP contribution in [-0.2, 0) is 11.2 Å². The van der Waals surface area contributed by atoms with E-state index in [9.17, 15) is 14.4 Å². The number of rotatable bonds is 6. The van der Waals surface area contributed by atoms with Gasteiger partial charge in [-0.3, -0.25) is 29.8 Å². The monoisotopic (exact) mass is 419 g/mol. The number of nitrogens with zero attached hydrogens (tertiary/aromatic N) is 3. The summed E-state index contributed by atoms with van der Waals surface area (Å²) < 4.78 is 1.72. The Morgan fingerprint density at radius 3 is 2.61 bits per heavy atom. The summed E-state index contributed by atoms with van der Waals surface area (Å²) in [6.07, 6.45) is 2.31. The molecule has 2 aromatic carbocycles. The zero-order chi connectivity index (χ0) is 22.0. The van der Waals surface area contributed by atoms with Crippen molar-refractivity contribution in [2.24, 2.45) is 0 Å². The molecule has 0 bridgehead atoms. The minimum Gasteiger partial charge on any atom is -0.378 e. The molecule has 1 heterocycles. The van der Waals surface area contributed by atoms with Crippen LogP contribution < -0.4 is 21.3 Å². The zero-order valence-corrected chi connectivity index (χ0v) is 17.6. The van der Waals surface area contributed by atoms with Gasteiger partial charge in [-0.2, -0.15) is 0 Å². The molecule has 1 aliphatic carbocycles. The van der Waals surface area contributed by atoms with E-state index >= 15 is 0 Å². The van der Waals surface area contributed by atoms with Gasteiger partial charge in [-0.05, 0) is 43.2 Å². The van der Waals surface area contributed by atoms with Gasteiger partial charge in [0.25, 0.3) is 11.5 Å². The van der Waals surface area contributed by atoms with Crippen LogP contribution in [0.5, 0.6) is 0 Å². The highest BCUT2D eigenvalue weighted by Gasteiger charge is 2.28. The average molecular weight is 419 g/mol. The molecule has 2 N–H and O–H groups in total. The molecule has 1 aromatic heterocycles. The maximum Gasteiger partial charge on any atom is 0.269 e. The molecule has 1 aliphatic rings. The number of fused-ring (bicyclic) bond motifs is 1. The van der Waals surface area contributed by atoms with Gasteiger partial charge in [0.1, 0.15) is 5.82 Å². The molecular weight excluding hydrogens is 394 g/mol. The van der Waals surface area contributed by atoms with Gasteiger partial charge in [0.2, 0.25) is 5.91 Å². The van der Waals surface area contributed by atoms with E-state index in [1.54, 1.807) is 34.9 Å². The van der Waals surface area contributed by atoms with Crippen molar-refractivity contribution < 1.29 is 9.59 Å². The van der Waals surface area contributed by atoms with E-state index in [0.717, 1.165) is 18.5 Å². The van der Waals surface area contributed by atoms with Gasteiger partial charge < -0.3 is 4.90 Å². The highest BCUT2D eigenvalue weighted by atomic mass is 16.2.